The summed E-state index contributed by atoms with van der Waals surface area (Å²) in [6.07, 6.45) is 2.93. The molecule has 1 aromatic carbocycles. The van der Waals surface area contributed by atoms with E-state index in [0.717, 1.165) is 0 Å². The van der Waals surface area contributed by atoms with Gasteiger partial charge in [0.05, 0.1) is 4.92 Å². The van der Waals surface area contributed by atoms with E-state index < -0.39 is 16.7 Å². The molecule has 0 saturated carbocycles. The number of amides is 2. The molecule has 134 valence electrons. The van der Waals surface area contributed by atoms with Crippen LogP contribution in [0.25, 0.3) is 0 Å². The number of rotatable bonds is 5. The summed E-state index contributed by atoms with van der Waals surface area (Å²) in [4.78, 5) is 37.3. The molecular formula is C15H13N5O5S. The van der Waals surface area contributed by atoms with Crippen LogP contribution in [0.5, 0.6) is 5.75 Å². The molecule has 1 heterocycles. The Bertz CT molecular complexity index is 813. The van der Waals surface area contributed by atoms with Crippen LogP contribution >= 0.6 is 12.2 Å². The third kappa shape index (κ3) is 5.79. The lowest BCUT2D eigenvalue weighted by Gasteiger charge is -2.11. The summed E-state index contributed by atoms with van der Waals surface area (Å²) in [7, 11) is 0. The minimum Gasteiger partial charge on any atom is -0.484 e. The maximum absolute atomic E-state index is 11.8. The molecule has 2 rings (SSSR count). The van der Waals surface area contributed by atoms with Gasteiger partial charge in [0.1, 0.15) is 5.75 Å². The van der Waals surface area contributed by atoms with Crippen molar-refractivity contribution in [1.29, 1.82) is 0 Å². The van der Waals surface area contributed by atoms with Gasteiger partial charge in [-0.25, -0.2) is 0 Å². The number of pyridine rings is 1. The lowest BCUT2D eigenvalue weighted by atomic mass is 10.3. The molecule has 0 fully saturated rings. The van der Waals surface area contributed by atoms with E-state index in [1.807, 2.05) is 0 Å². The molecule has 1 aromatic heterocycles. The van der Waals surface area contributed by atoms with E-state index >= 15 is 0 Å². The van der Waals surface area contributed by atoms with Gasteiger partial charge in [-0.15, -0.1) is 0 Å². The maximum atomic E-state index is 11.8. The maximum Gasteiger partial charge on any atom is 0.269 e. The Balaban J connectivity index is 1.72. The monoisotopic (exact) mass is 375 g/mol. The fourth-order valence-corrected chi connectivity index (χ4v) is 1.86. The summed E-state index contributed by atoms with van der Waals surface area (Å²) in [6.45, 7) is -0.363. The first-order valence-electron chi connectivity index (χ1n) is 7.13. The second-order valence-electron chi connectivity index (χ2n) is 4.73. The van der Waals surface area contributed by atoms with Crippen LogP contribution in [0.1, 0.15) is 10.4 Å². The Kier molecular flexibility index (Phi) is 6.51. The van der Waals surface area contributed by atoms with Crippen molar-refractivity contribution in [3.63, 3.8) is 0 Å². The minimum atomic E-state index is -0.570. The van der Waals surface area contributed by atoms with Gasteiger partial charge in [0.25, 0.3) is 17.5 Å². The van der Waals surface area contributed by atoms with Crippen molar-refractivity contribution in [2.45, 2.75) is 0 Å². The van der Waals surface area contributed by atoms with Gasteiger partial charge >= 0.3 is 0 Å². The molecule has 0 spiro atoms. The number of non-ortho nitro benzene ring substituents is 1. The average Bonchev–Trinajstić information content (AvgIpc) is 2.65. The smallest absolute Gasteiger partial charge is 0.269 e. The zero-order valence-electron chi connectivity index (χ0n) is 13.2. The number of hydrogen-bond donors (Lipinski definition) is 3. The second-order valence-corrected chi connectivity index (χ2v) is 5.14. The van der Waals surface area contributed by atoms with Crippen LogP contribution in [0, 0.1) is 10.1 Å². The Morgan fingerprint density at radius 2 is 1.77 bits per heavy atom. The van der Waals surface area contributed by atoms with Gasteiger partial charge in [-0.05, 0) is 36.5 Å². The first-order valence-corrected chi connectivity index (χ1v) is 7.54. The van der Waals surface area contributed by atoms with E-state index in [0.29, 0.717) is 5.56 Å². The normalized spacial score (nSPS) is 9.69. The lowest BCUT2D eigenvalue weighted by Crippen LogP contribution is -2.49. The molecule has 0 aliphatic carbocycles. The van der Waals surface area contributed by atoms with E-state index in [-0.39, 0.29) is 23.2 Å². The highest BCUT2D eigenvalue weighted by Crippen LogP contribution is 2.16. The molecular weight excluding hydrogens is 362 g/mol. The van der Waals surface area contributed by atoms with E-state index in [9.17, 15) is 19.7 Å². The number of nitrogens with zero attached hydrogens (tertiary/aromatic N) is 2. The summed E-state index contributed by atoms with van der Waals surface area (Å²) >= 11 is 4.87. The number of carbonyl (C=O) groups is 2. The third-order valence-corrected chi connectivity index (χ3v) is 3.11. The van der Waals surface area contributed by atoms with Crippen molar-refractivity contribution in [3.05, 3.63) is 64.5 Å². The topological polar surface area (TPSA) is 135 Å². The largest absolute Gasteiger partial charge is 0.484 e. The number of nitrogens with one attached hydrogen (secondary N) is 3. The van der Waals surface area contributed by atoms with Crippen LogP contribution in [-0.2, 0) is 4.79 Å². The highest BCUT2D eigenvalue weighted by Gasteiger charge is 2.09. The summed E-state index contributed by atoms with van der Waals surface area (Å²) in [5.41, 5.74) is 4.97. The number of ether oxygens (including phenoxy) is 1. The van der Waals surface area contributed by atoms with Crippen LogP contribution in [0.3, 0.4) is 0 Å². The summed E-state index contributed by atoms with van der Waals surface area (Å²) in [5, 5.41) is 12.7. The fourth-order valence-electron chi connectivity index (χ4n) is 1.70. The van der Waals surface area contributed by atoms with Crippen molar-refractivity contribution in [3.8, 4) is 5.75 Å². The van der Waals surface area contributed by atoms with Crippen molar-refractivity contribution in [2.24, 2.45) is 0 Å². The number of aromatic nitrogens is 1. The molecule has 3 N–H and O–H groups in total. The van der Waals surface area contributed by atoms with Gasteiger partial charge in [-0.3, -0.25) is 40.9 Å². The first kappa shape index (κ1) is 18.7. The number of nitro benzene ring substituents is 1. The van der Waals surface area contributed by atoms with Crippen molar-refractivity contribution in [1.82, 2.24) is 21.2 Å². The Morgan fingerprint density at radius 3 is 2.38 bits per heavy atom. The van der Waals surface area contributed by atoms with E-state index in [1.165, 1.54) is 48.8 Å². The number of thiocarbonyl (C=S) groups is 1. The second kappa shape index (κ2) is 9.03. The number of carbonyl (C=O) groups excluding carboxylic acids is 2. The van der Waals surface area contributed by atoms with Gasteiger partial charge < -0.3 is 4.74 Å². The van der Waals surface area contributed by atoms with Crippen LogP contribution in [0.15, 0.2) is 48.8 Å². The molecule has 26 heavy (non-hydrogen) atoms. The molecule has 0 aliphatic heterocycles. The molecule has 2 amide bonds. The zero-order chi connectivity index (χ0) is 18.9. The van der Waals surface area contributed by atoms with Crippen molar-refractivity contribution < 1.29 is 19.2 Å². The van der Waals surface area contributed by atoms with Gasteiger partial charge in [0.15, 0.2) is 11.7 Å². The third-order valence-electron chi connectivity index (χ3n) is 2.90. The minimum absolute atomic E-state index is 0.0860. The van der Waals surface area contributed by atoms with Gasteiger partial charge in [-0.1, -0.05) is 0 Å². The van der Waals surface area contributed by atoms with E-state index in [4.69, 9.17) is 17.0 Å². The van der Waals surface area contributed by atoms with E-state index in [1.54, 1.807) is 0 Å². The number of nitro groups is 1. The molecule has 0 atom stereocenters. The van der Waals surface area contributed by atoms with Crippen LogP contribution in [0.4, 0.5) is 5.69 Å². The fraction of sp³-hybridized carbons (Fsp3) is 0.0667. The Hall–Kier alpha value is -3.60. The molecule has 0 aliphatic rings. The SMILES string of the molecule is O=C(COc1ccc([N+](=O)[O-])cc1)NC(=S)NNC(=O)c1ccncc1. The van der Waals surface area contributed by atoms with Gasteiger partial charge in [0.2, 0.25) is 0 Å². The summed E-state index contributed by atoms with van der Waals surface area (Å²) in [6, 6.07) is 8.28. The number of hydrazine groups is 1. The van der Waals surface area contributed by atoms with Gasteiger partial charge in [0, 0.05) is 30.1 Å². The summed E-state index contributed by atoms with van der Waals surface area (Å²) < 4.78 is 5.18. The standard InChI is InChI=1S/C15H13N5O5S/c21-13(9-25-12-3-1-11(2-4-12)20(23)24)17-15(26)19-18-14(22)10-5-7-16-8-6-10/h1-8H,9H2,(H,18,22)(H2,17,19,21,26). The highest BCUT2D eigenvalue weighted by molar-refractivity contribution is 7.80. The van der Waals surface area contributed by atoms with Crippen LogP contribution in [0.2, 0.25) is 0 Å². The first-order chi connectivity index (χ1) is 12.5. The number of hydrogen-bond acceptors (Lipinski definition) is 7. The van der Waals surface area contributed by atoms with E-state index in [2.05, 4.69) is 21.2 Å². The van der Waals surface area contributed by atoms with Crippen LogP contribution in [-0.4, -0.2) is 33.4 Å². The molecule has 0 saturated heterocycles. The van der Waals surface area contributed by atoms with Gasteiger partial charge in [-0.2, -0.15) is 0 Å². The quantitative estimate of drug-likeness (QED) is 0.395. The highest BCUT2D eigenvalue weighted by atomic mass is 32.1. The molecule has 0 radical (unpaired) electrons. The molecule has 0 unspecified atom stereocenters. The molecule has 10 nitrogen and oxygen atoms in total. The molecule has 11 heteroatoms. The predicted octanol–water partition coefficient (Wildman–Crippen LogP) is 0.704. The van der Waals surface area contributed by atoms with Crippen molar-refractivity contribution in [2.75, 3.05) is 6.61 Å². The lowest BCUT2D eigenvalue weighted by molar-refractivity contribution is -0.384. The van der Waals surface area contributed by atoms with Crippen LogP contribution < -0.4 is 20.9 Å². The Morgan fingerprint density at radius 1 is 1.12 bits per heavy atom. The predicted molar refractivity (Wildman–Crippen MR) is 94.2 cm³/mol. The molecule has 0 bridgehead atoms. The Labute approximate surface area is 152 Å². The average molecular weight is 375 g/mol. The zero-order valence-corrected chi connectivity index (χ0v) is 14.0. The molecule has 2 aromatic rings. The summed E-state index contributed by atoms with van der Waals surface area (Å²) in [5.74, 6) is -0.735. The number of benzene rings is 1. The van der Waals surface area contributed by atoms with Crippen molar-refractivity contribution >= 4 is 34.8 Å².